The van der Waals surface area contributed by atoms with Crippen molar-refractivity contribution in [1.29, 1.82) is 0 Å². The van der Waals surface area contributed by atoms with E-state index in [-0.39, 0.29) is 5.56 Å². The van der Waals surface area contributed by atoms with E-state index in [2.05, 4.69) is 20.7 Å². The van der Waals surface area contributed by atoms with Gasteiger partial charge in [0.05, 0.1) is 5.56 Å². The highest BCUT2D eigenvalue weighted by atomic mass is 79.9. The average Bonchev–Trinajstić information content (AvgIpc) is 2.13. The third-order valence-corrected chi connectivity index (χ3v) is 2.81. The van der Waals surface area contributed by atoms with Gasteiger partial charge in [-0.2, -0.15) is 8.42 Å². The SMILES string of the molecule is O=C(OCCS(=O)(=O)O)c1cc(F)cc(Br)c1. The molecule has 1 aromatic carbocycles. The summed E-state index contributed by atoms with van der Waals surface area (Å²) >= 11 is 3.00. The molecule has 0 aliphatic carbocycles. The molecule has 0 unspecified atom stereocenters. The third-order valence-electron chi connectivity index (χ3n) is 1.67. The van der Waals surface area contributed by atoms with E-state index in [0.717, 1.165) is 12.1 Å². The number of rotatable bonds is 4. The predicted molar refractivity (Wildman–Crippen MR) is 60.8 cm³/mol. The maximum absolute atomic E-state index is 12.9. The Morgan fingerprint density at radius 2 is 2.06 bits per heavy atom. The summed E-state index contributed by atoms with van der Waals surface area (Å²) in [7, 11) is -4.18. The average molecular weight is 327 g/mol. The number of hydrogen-bond donors (Lipinski definition) is 1. The number of benzene rings is 1. The van der Waals surface area contributed by atoms with Gasteiger partial charge < -0.3 is 4.74 Å². The van der Waals surface area contributed by atoms with Crippen molar-refractivity contribution in [2.75, 3.05) is 12.4 Å². The lowest BCUT2D eigenvalue weighted by atomic mass is 10.2. The molecule has 0 atom stereocenters. The second kappa shape index (κ2) is 5.56. The number of esters is 1. The van der Waals surface area contributed by atoms with E-state index in [1.54, 1.807) is 0 Å². The number of carbonyl (C=O) groups is 1. The molecule has 0 aromatic heterocycles. The van der Waals surface area contributed by atoms with Gasteiger partial charge in [0.1, 0.15) is 18.2 Å². The Hall–Kier alpha value is -0.990. The number of carbonyl (C=O) groups excluding carboxylic acids is 1. The Kier molecular flexibility index (Phi) is 4.61. The fourth-order valence-electron chi connectivity index (χ4n) is 0.995. The molecule has 1 aromatic rings. The van der Waals surface area contributed by atoms with Crippen LogP contribution in [0.5, 0.6) is 0 Å². The molecular weight excluding hydrogens is 319 g/mol. The highest BCUT2D eigenvalue weighted by molar-refractivity contribution is 9.10. The molecule has 0 aliphatic rings. The first-order valence-corrected chi connectivity index (χ1v) is 6.76. The molecule has 17 heavy (non-hydrogen) atoms. The molecule has 1 rings (SSSR count). The maximum Gasteiger partial charge on any atom is 0.338 e. The van der Waals surface area contributed by atoms with E-state index < -0.39 is 34.3 Å². The van der Waals surface area contributed by atoms with Crippen molar-refractivity contribution in [2.24, 2.45) is 0 Å². The monoisotopic (exact) mass is 326 g/mol. The Morgan fingerprint density at radius 1 is 1.41 bits per heavy atom. The fourth-order valence-corrected chi connectivity index (χ4v) is 1.75. The van der Waals surface area contributed by atoms with Crippen LogP contribution in [-0.2, 0) is 14.9 Å². The third kappa shape index (κ3) is 5.24. The molecule has 0 aliphatic heterocycles. The zero-order chi connectivity index (χ0) is 13.1. The van der Waals surface area contributed by atoms with E-state index in [9.17, 15) is 17.6 Å². The summed E-state index contributed by atoms with van der Waals surface area (Å²) < 4.78 is 46.9. The van der Waals surface area contributed by atoms with Crippen LogP contribution in [0.15, 0.2) is 22.7 Å². The molecule has 1 N–H and O–H groups in total. The van der Waals surface area contributed by atoms with Crippen molar-refractivity contribution in [3.8, 4) is 0 Å². The minimum Gasteiger partial charge on any atom is -0.461 e. The summed E-state index contributed by atoms with van der Waals surface area (Å²) in [6.45, 7) is -0.494. The van der Waals surface area contributed by atoms with Crippen LogP contribution >= 0.6 is 15.9 Å². The number of ether oxygens (including phenoxy) is 1. The van der Waals surface area contributed by atoms with Gasteiger partial charge in [0.25, 0.3) is 10.1 Å². The first kappa shape index (κ1) is 14.1. The second-order valence-electron chi connectivity index (χ2n) is 3.08. The molecule has 0 saturated heterocycles. The topological polar surface area (TPSA) is 80.7 Å². The van der Waals surface area contributed by atoms with Crippen molar-refractivity contribution in [2.45, 2.75) is 0 Å². The van der Waals surface area contributed by atoms with E-state index in [0.29, 0.717) is 4.47 Å². The standard InChI is InChI=1S/C9H8BrFO5S/c10-7-3-6(4-8(11)5-7)9(12)16-1-2-17(13,14)15/h3-5H,1-2H2,(H,13,14,15). The van der Waals surface area contributed by atoms with Gasteiger partial charge in [-0.15, -0.1) is 0 Å². The second-order valence-corrected chi connectivity index (χ2v) is 5.57. The largest absolute Gasteiger partial charge is 0.461 e. The van der Waals surface area contributed by atoms with Gasteiger partial charge in [-0.1, -0.05) is 15.9 Å². The molecule has 5 nitrogen and oxygen atoms in total. The first-order chi connectivity index (χ1) is 7.78. The Bertz CT molecular complexity index is 508. The summed E-state index contributed by atoms with van der Waals surface area (Å²) in [5.41, 5.74) is -0.0489. The van der Waals surface area contributed by atoms with Crippen LogP contribution in [0.3, 0.4) is 0 Å². The number of hydrogen-bond acceptors (Lipinski definition) is 4. The van der Waals surface area contributed by atoms with E-state index in [1.165, 1.54) is 6.07 Å². The predicted octanol–water partition coefficient (Wildman–Crippen LogP) is 1.63. The molecule has 8 heteroatoms. The van der Waals surface area contributed by atoms with Crippen molar-refractivity contribution in [3.05, 3.63) is 34.1 Å². The van der Waals surface area contributed by atoms with Gasteiger partial charge in [0.2, 0.25) is 0 Å². The lowest BCUT2D eigenvalue weighted by Crippen LogP contribution is -2.14. The quantitative estimate of drug-likeness (QED) is 0.672. The maximum atomic E-state index is 12.9. The molecule has 0 fully saturated rings. The lowest BCUT2D eigenvalue weighted by molar-refractivity contribution is 0.0527. The fraction of sp³-hybridized carbons (Fsp3) is 0.222. The molecule has 0 heterocycles. The molecule has 0 bridgehead atoms. The van der Waals surface area contributed by atoms with Gasteiger partial charge >= 0.3 is 5.97 Å². The zero-order valence-corrected chi connectivity index (χ0v) is 10.8. The summed E-state index contributed by atoms with van der Waals surface area (Å²) in [6.07, 6.45) is 0. The van der Waals surface area contributed by atoms with E-state index in [4.69, 9.17) is 4.55 Å². The smallest absolute Gasteiger partial charge is 0.338 e. The normalized spacial score (nSPS) is 11.2. The molecular formula is C9H8BrFO5S. The van der Waals surface area contributed by atoms with Gasteiger partial charge in [-0.25, -0.2) is 9.18 Å². The summed E-state index contributed by atoms with van der Waals surface area (Å²) in [4.78, 5) is 11.3. The van der Waals surface area contributed by atoms with Crippen molar-refractivity contribution < 1.29 is 26.9 Å². The minimum atomic E-state index is -4.18. The molecule has 94 valence electrons. The van der Waals surface area contributed by atoms with Crippen LogP contribution in [0.25, 0.3) is 0 Å². The summed E-state index contributed by atoms with van der Waals surface area (Å²) in [6, 6.07) is 3.45. The van der Waals surface area contributed by atoms with Crippen LogP contribution in [0.1, 0.15) is 10.4 Å². The van der Waals surface area contributed by atoms with Crippen LogP contribution in [0, 0.1) is 5.82 Å². The molecule has 0 saturated carbocycles. The van der Waals surface area contributed by atoms with E-state index >= 15 is 0 Å². The Balaban J connectivity index is 2.64. The Morgan fingerprint density at radius 3 is 2.59 bits per heavy atom. The summed E-state index contributed by atoms with van der Waals surface area (Å²) in [5.74, 6) is -2.19. The van der Waals surface area contributed by atoms with Gasteiger partial charge in [0.15, 0.2) is 0 Å². The molecule has 0 amide bonds. The highest BCUT2D eigenvalue weighted by Gasteiger charge is 2.11. The van der Waals surface area contributed by atoms with E-state index in [1.807, 2.05) is 0 Å². The molecule has 0 spiro atoms. The van der Waals surface area contributed by atoms with Crippen LogP contribution < -0.4 is 0 Å². The Labute approximate surface area is 105 Å². The minimum absolute atomic E-state index is 0.0489. The van der Waals surface area contributed by atoms with Gasteiger partial charge in [0, 0.05) is 4.47 Å². The van der Waals surface area contributed by atoms with Crippen molar-refractivity contribution in [3.63, 3.8) is 0 Å². The van der Waals surface area contributed by atoms with Gasteiger partial charge in [-0.05, 0) is 18.2 Å². The number of halogens is 2. The zero-order valence-electron chi connectivity index (χ0n) is 8.39. The van der Waals surface area contributed by atoms with Crippen molar-refractivity contribution in [1.82, 2.24) is 0 Å². The van der Waals surface area contributed by atoms with Crippen LogP contribution in [0.2, 0.25) is 0 Å². The molecule has 0 radical (unpaired) electrons. The van der Waals surface area contributed by atoms with Gasteiger partial charge in [-0.3, -0.25) is 4.55 Å². The highest BCUT2D eigenvalue weighted by Crippen LogP contribution is 2.15. The first-order valence-electron chi connectivity index (χ1n) is 4.36. The summed E-state index contributed by atoms with van der Waals surface area (Å²) in [5, 5.41) is 0. The van der Waals surface area contributed by atoms with Crippen LogP contribution in [-0.4, -0.2) is 31.3 Å². The van der Waals surface area contributed by atoms with Crippen LogP contribution in [0.4, 0.5) is 4.39 Å². The van der Waals surface area contributed by atoms with Crippen molar-refractivity contribution >= 4 is 32.0 Å². The lowest BCUT2D eigenvalue weighted by Gasteiger charge is -2.04.